The Balaban J connectivity index is 1.92. The molecule has 1 heterocycles. The van der Waals surface area contributed by atoms with Crippen LogP contribution in [0.25, 0.3) is 0 Å². The fourth-order valence-corrected chi connectivity index (χ4v) is 2.67. The van der Waals surface area contributed by atoms with Crippen molar-refractivity contribution < 1.29 is 9.18 Å². The lowest BCUT2D eigenvalue weighted by atomic mass is 10.1. The Morgan fingerprint density at radius 1 is 1.00 bits per heavy atom. The Hall–Kier alpha value is -1.16. The number of rotatable bonds is 13. The van der Waals surface area contributed by atoms with Crippen LogP contribution in [-0.4, -0.2) is 24.1 Å². The van der Waals surface area contributed by atoms with Gasteiger partial charge in [0.1, 0.15) is 0 Å². The highest BCUT2D eigenvalue weighted by Gasteiger charge is 2.08. The van der Waals surface area contributed by atoms with E-state index in [4.69, 9.17) is 11.6 Å². The van der Waals surface area contributed by atoms with Crippen LogP contribution in [0.4, 0.5) is 4.39 Å². The van der Waals surface area contributed by atoms with Gasteiger partial charge >= 0.3 is 0 Å². The van der Waals surface area contributed by atoms with Crippen LogP contribution in [0.2, 0.25) is 5.02 Å². The molecule has 0 unspecified atom stereocenters. The van der Waals surface area contributed by atoms with Crippen molar-refractivity contribution in [1.82, 2.24) is 10.3 Å². The lowest BCUT2D eigenvalue weighted by molar-refractivity contribution is 0.0952. The largest absolute Gasteiger partial charge is 0.352 e. The second-order valence-electron chi connectivity index (χ2n) is 5.84. The highest BCUT2D eigenvalue weighted by Crippen LogP contribution is 2.13. The summed E-state index contributed by atoms with van der Waals surface area (Å²) in [5, 5.41) is 3.31. The molecule has 1 N–H and O–H groups in total. The molecule has 0 aliphatic rings. The van der Waals surface area contributed by atoms with Gasteiger partial charge in [0, 0.05) is 18.9 Å². The van der Waals surface area contributed by atoms with Crippen molar-refractivity contribution in [2.45, 2.75) is 64.2 Å². The third-order valence-corrected chi connectivity index (χ3v) is 4.19. The van der Waals surface area contributed by atoms with Crippen LogP contribution in [0.15, 0.2) is 18.5 Å². The average molecular weight is 343 g/mol. The van der Waals surface area contributed by atoms with Crippen molar-refractivity contribution in [3.63, 3.8) is 0 Å². The third-order valence-electron chi connectivity index (χ3n) is 3.86. The summed E-state index contributed by atoms with van der Waals surface area (Å²) in [6.45, 7) is 0.497. The van der Waals surface area contributed by atoms with Gasteiger partial charge in [-0.15, -0.1) is 0 Å². The number of unbranched alkanes of at least 4 members (excludes halogenated alkanes) is 9. The van der Waals surface area contributed by atoms with Crippen molar-refractivity contribution in [3.05, 3.63) is 29.0 Å². The Morgan fingerprint density at radius 2 is 1.57 bits per heavy atom. The summed E-state index contributed by atoms with van der Waals surface area (Å²) in [5.74, 6) is -0.156. The second kappa shape index (κ2) is 13.3. The first-order valence-electron chi connectivity index (χ1n) is 8.69. The predicted octanol–water partition coefficient (Wildman–Crippen LogP) is 5.34. The zero-order valence-electron chi connectivity index (χ0n) is 13.8. The van der Waals surface area contributed by atoms with Gasteiger partial charge in [0.25, 0.3) is 5.91 Å². The van der Waals surface area contributed by atoms with Gasteiger partial charge < -0.3 is 5.32 Å². The number of nitrogens with one attached hydrogen (secondary N) is 1. The molecule has 0 aliphatic heterocycles. The number of hydrogen-bond acceptors (Lipinski definition) is 2. The van der Waals surface area contributed by atoms with Gasteiger partial charge in [-0.1, -0.05) is 63.0 Å². The Morgan fingerprint density at radius 3 is 2.13 bits per heavy atom. The van der Waals surface area contributed by atoms with E-state index < -0.39 is 0 Å². The van der Waals surface area contributed by atoms with E-state index >= 15 is 0 Å². The third kappa shape index (κ3) is 9.54. The molecule has 5 heteroatoms. The molecule has 3 nitrogen and oxygen atoms in total. The monoisotopic (exact) mass is 342 g/mol. The zero-order valence-corrected chi connectivity index (χ0v) is 14.6. The van der Waals surface area contributed by atoms with E-state index in [2.05, 4.69) is 10.3 Å². The molecular weight excluding hydrogens is 315 g/mol. The molecule has 0 bridgehead atoms. The maximum absolute atomic E-state index is 11.9. The number of halogens is 2. The molecule has 0 saturated carbocycles. The summed E-state index contributed by atoms with van der Waals surface area (Å²) < 4.78 is 11.9. The minimum Gasteiger partial charge on any atom is -0.352 e. The molecule has 130 valence electrons. The van der Waals surface area contributed by atoms with Crippen molar-refractivity contribution in [2.75, 3.05) is 13.2 Å². The van der Waals surface area contributed by atoms with Gasteiger partial charge in [0.15, 0.2) is 0 Å². The first kappa shape index (κ1) is 19.9. The summed E-state index contributed by atoms with van der Waals surface area (Å²) in [6, 6.07) is 1.62. The standard InChI is InChI=1S/C18H28ClFN2O/c19-17-11-14-21-15-16(17)18(23)22-13-10-8-6-4-2-1-3-5-7-9-12-20/h11,14-15H,1-10,12-13H2,(H,22,23). The number of hydrogen-bond donors (Lipinski definition) is 1. The maximum atomic E-state index is 11.9. The Kier molecular flexibility index (Phi) is 11.5. The smallest absolute Gasteiger partial charge is 0.254 e. The number of nitrogens with zero attached hydrogens (tertiary/aromatic N) is 1. The summed E-state index contributed by atoms with van der Waals surface area (Å²) in [6.07, 6.45) is 14.3. The SMILES string of the molecule is O=C(NCCCCCCCCCCCCF)c1cnccc1Cl. The minimum absolute atomic E-state index is 0.156. The quantitative estimate of drug-likeness (QED) is 0.492. The van der Waals surface area contributed by atoms with Gasteiger partial charge in [-0.25, -0.2) is 0 Å². The zero-order chi connectivity index (χ0) is 16.8. The molecule has 23 heavy (non-hydrogen) atoms. The highest BCUT2D eigenvalue weighted by molar-refractivity contribution is 6.33. The number of carbonyl (C=O) groups excluding carboxylic acids is 1. The molecule has 0 atom stereocenters. The van der Waals surface area contributed by atoms with E-state index in [1.54, 1.807) is 12.3 Å². The highest BCUT2D eigenvalue weighted by atomic mass is 35.5. The topological polar surface area (TPSA) is 42.0 Å². The van der Waals surface area contributed by atoms with Crippen molar-refractivity contribution in [3.8, 4) is 0 Å². The number of alkyl halides is 1. The van der Waals surface area contributed by atoms with Gasteiger partial charge in [-0.3, -0.25) is 14.2 Å². The first-order chi connectivity index (χ1) is 11.3. The Bertz CT molecular complexity index is 443. The molecule has 0 spiro atoms. The van der Waals surface area contributed by atoms with Crippen molar-refractivity contribution in [1.29, 1.82) is 0 Å². The van der Waals surface area contributed by atoms with Crippen LogP contribution in [0.3, 0.4) is 0 Å². The molecule has 1 aromatic heterocycles. The van der Waals surface area contributed by atoms with Crippen molar-refractivity contribution in [2.24, 2.45) is 0 Å². The van der Waals surface area contributed by atoms with Crippen LogP contribution in [0, 0.1) is 0 Å². The molecule has 1 rings (SSSR count). The van der Waals surface area contributed by atoms with Crippen LogP contribution in [-0.2, 0) is 0 Å². The summed E-state index contributed by atoms with van der Waals surface area (Å²) in [4.78, 5) is 15.8. The second-order valence-corrected chi connectivity index (χ2v) is 6.24. The van der Waals surface area contributed by atoms with E-state index in [0.29, 0.717) is 17.1 Å². The summed E-state index contributed by atoms with van der Waals surface area (Å²) in [5.41, 5.74) is 0.432. The summed E-state index contributed by atoms with van der Waals surface area (Å²) >= 11 is 5.95. The minimum atomic E-state index is -0.177. The number of amides is 1. The molecule has 1 amide bonds. The fourth-order valence-electron chi connectivity index (χ4n) is 2.48. The average Bonchev–Trinajstić information content (AvgIpc) is 2.56. The number of pyridine rings is 1. The lowest BCUT2D eigenvalue weighted by Crippen LogP contribution is -2.24. The van der Waals surface area contributed by atoms with E-state index in [1.807, 2.05) is 0 Å². The molecule has 0 aliphatic carbocycles. The molecule has 0 radical (unpaired) electrons. The van der Waals surface area contributed by atoms with E-state index in [1.165, 1.54) is 38.3 Å². The van der Waals surface area contributed by atoms with Gasteiger partial charge in [-0.05, 0) is 18.9 Å². The van der Waals surface area contributed by atoms with Crippen molar-refractivity contribution >= 4 is 17.5 Å². The normalized spacial score (nSPS) is 10.7. The van der Waals surface area contributed by atoms with Gasteiger partial charge in [0.05, 0.1) is 17.3 Å². The van der Waals surface area contributed by atoms with Gasteiger partial charge in [-0.2, -0.15) is 0 Å². The molecule has 0 fully saturated rings. The Labute approximate surface area is 144 Å². The lowest BCUT2D eigenvalue weighted by Gasteiger charge is -2.06. The maximum Gasteiger partial charge on any atom is 0.254 e. The number of carbonyl (C=O) groups is 1. The van der Waals surface area contributed by atoms with Crippen LogP contribution in [0.5, 0.6) is 0 Å². The van der Waals surface area contributed by atoms with Crippen LogP contribution < -0.4 is 5.32 Å². The predicted molar refractivity (Wildman–Crippen MR) is 93.7 cm³/mol. The summed E-state index contributed by atoms with van der Waals surface area (Å²) in [7, 11) is 0. The molecule has 0 saturated heterocycles. The first-order valence-corrected chi connectivity index (χ1v) is 9.07. The van der Waals surface area contributed by atoms with Crippen LogP contribution >= 0.6 is 11.6 Å². The molecule has 0 aromatic carbocycles. The van der Waals surface area contributed by atoms with E-state index in [0.717, 1.165) is 32.1 Å². The van der Waals surface area contributed by atoms with Gasteiger partial charge in [0.2, 0.25) is 0 Å². The molecule has 1 aromatic rings. The number of aromatic nitrogens is 1. The molecular formula is C18H28ClFN2O. The van der Waals surface area contributed by atoms with E-state index in [9.17, 15) is 9.18 Å². The fraction of sp³-hybridized carbons (Fsp3) is 0.667. The van der Waals surface area contributed by atoms with E-state index in [-0.39, 0.29) is 12.6 Å². The van der Waals surface area contributed by atoms with Crippen LogP contribution in [0.1, 0.15) is 74.6 Å².